The number of nitrogens with zero attached hydrogens (tertiary/aromatic N) is 3. The van der Waals surface area contributed by atoms with E-state index in [4.69, 9.17) is 0 Å². The molecule has 1 aromatic heterocycles. The monoisotopic (exact) mass is 418 g/mol. The number of nitrogens with one attached hydrogen (secondary N) is 1. The highest BCUT2D eigenvalue weighted by Crippen LogP contribution is 2.29. The van der Waals surface area contributed by atoms with E-state index in [1.54, 1.807) is 6.08 Å². The zero-order valence-corrected chi connectivity index (χ0v) is 17.0. The Kier molecular flexibility index (Phi) is 6.64. The zero-order chi connectivity index (χ0) is 21.7. The summed E-state index contributed by atoms with van der Waals surface area (Å²) < 4.78 is 38.0. The third-order valence-electron chi connectivity index (χ3n) is 5.08. The number of piperidine rings is 1. The first-order chi connectivity index (χ1) is 14.2. The van der Waals surface area contributed by atoms with Crippen molar-refractivity contribution < 1.29 is 18.0 Å². The molecule has 1 N–H and O–H groups in total. The Balaban J connectivity index is 1.47. The average molecular weight is 418 g/mol. The van der Waals surface area contributed by atoms with Crippen LogP contribution in [0.5, 0.6) is 0 Å². The number of rotatable bonds is 5. The van der Waals surface area contributed by atoms with Crippen molar-refractivity contribution >= 4 is 23.5 Å². The number of anilines is 2. The van der Waals surface area contributed by atoms with Gasteiger partial charge in [-0.3, -0.25) is 4.79 Å². The summed E-state index contributed by atoms with van der Waals surface area (Å²) in [5.74, 6) is 0.367. The first-order valence-corrected chi connectivity index (χ1v) is 9.76. The Morgan fingerprint density at radius 3 is 2.33 bits per heavy atom. The van der Waals surface area contributed by atoms with E-state index < -0.39 is 11.7 Å². The van der Waals surface area contributed by atoms with Crippen LogP contribution in [0, 0.1) is 0 Å². The van der Waals surface area contributed by atoms with Gasteiger partial charge in [0.25, 0.3) is 0 Å². The van der Waals surface area contributed by atoms with Crippen molar-refractivity contribution in [2.45, 2.75) is 25.1 Å². The van der Waals surface area contributed by atoms with Crippen LogP contribution in [-0.2, 0) is 11.0 Å². The lowest BCUT2D eigenvalue weighted by Crippen LogP contribution is -2.44. The second kappa shape index (κ2) is 9.19. The molecule has 1 saturated heterocycles. The first kappa shape index (κ1) is 21.7. The topological polar surface area (TPSA) is 48.5 Å². The van der Waals surface area contributed by atoms with Crippen molar-refractivity contribution in [1.29, 1.82) is 0 Å². The minimum atomic E-state index is -4.38. The van der Waals surface area contributed by atoms with E-state index in [2.05, 4.69) is 10.3 Å². The number of hydrogen-bond acceptors (Lipinski definition) is 4. The molecule has 8 heteroatoms. The second-order valence-corrected chi connectivity index (χ2v) is 7.49. The maximum Gasteiger partial charge on any atom is 0.417 e. The highest BCUT2D eigenvalue weighted by atomic mass is 19.4. The molecule has 1 aliphatic rings. The number of carbonyl (C=O) groups is 1. The molecule has 0 saturated carbocycles. The van der Waals surface area contributed by atoms with Crippen LogP contribution in [0.25, 0.3) is 6.08 Å². The molecule has 3 rings (SSSR count). The summed E-state index contributed by atoms with van der Waals surface area (Å²) in [7, 11) is 3.94. The predicted octanol–water partition coefficient (Wildman–Crippen LogP) is 3.96. The lowest BCUT2D eigenvalue weighted by Gasteiger charge is -2.33. The Bertz CT molecular complexity index is 869. The molecule has 2 aromatic rings. The van der Waals surface area contributed by atoms with Crippen LogP contribution in [0.2, 0.25) is 0 Å². The van der Waals surface area contributed by atoms with Crippen LogP contribution >= 0.6 is 0 Å². The molecule has 160 valence electrons. The largest absolute Gasteiger partial charge is 0.417 e. The van der Waals surface area contributed by atoms with Gasteiger partial charge < -0.3 is 15.1 Å². The van der Waals surface area contributed by atoms with E-state index in [0.717, 1.165) is 23.5 Å². The van der Waals surface area contributed by atoms with E-state index in [9.17, 15) is 18.0 Å². The Hall–Kier alpha value is -3.03. The van der Waals surface area contributed by atoms with Crippen LogP contribution in [0.4, 0.5) is 24.7 Å². The summed E-state index contributed by atoms with van der Waals surface area (Å²) in [4.78, 5) is 20.1. The number of amides is 1. The standard InChI is InChI=1S/C22H25F3N4O/c1-28(2)19-7-3-16(4-8-19)5-10-21(30)27-18-11-13-29(14-12-18)20-9-6-17(15-26-20)22(23,24)25/h3-10,15,18H,11-14H2,1-2H3,(H,27,30)/b10-5+. The van der Waals surface area contributed by atoms with Gasteiger partial charge in [0.15, 0.2) is 0 Å². The lowest BCUT2D eigenvalue weighted by atomic mass is 10.0. The van der Waals surface area contributed by atoms with E-state index in [-0.39, 0.29) is 11.9 Å². The van der Waals surface area contributed by atoms with Crippen molar-refractivity contribution in [3.8, 4) is 0 Å². The molecule has 0 aliphatic carbocycles. The van der Waals surface area contributed by atoms with Gasteiger partial charge in [0.2, 0.25) is 5.91 Å². The van der Waals surface area contributed by atoms with Gasteiger partial charge in [-0.2, -0.15) is 13.2 Å². The maximum absolute atomic E-state index is 12.7. The number of pyridine rings is 1. The van der Waals surface area contributed by atoms with E-state index in [1.165, 1.54) is 12.1 Å². The van der Waals surface area contributed by atoms with Gasteiger partial charge in [0.1, 0.15) is 5.82 Å². The quantitative estimate of drug-likeness (QED) is 0.747. The van der Waals surface area contributed by atoms with Crippen LogP contribution in [0.3, 0.4) is 0 Å². The van der Waals surface area contributed by atoms with Gasteiger partial charge in [-0.1, -0.05) is 12.1 Å². The van der Waals surface area contributed by atoms with Crippen LogP contribution in [0.1, 0.15) is 24.0 Å². The summed E-state index contributed by atoms with van der Waals surface area (Å²) in [6.07, 6.45) is 1.19. The van der Waals surface area contributed by atoms with E-state index in [0.29, 0.717) is 31.7 Å². The number of benzene rings is 1. The van der Waals surface area contributed by atoms with Crippen LogP contribution < -0.4 is 15.1 Å². The molecule has 1 aliphatic heterocycles. The molecule has 0 spiro atoms. The summed E-state index contributed by atoms with van der Waals surface area (Å²) >= 11 is 0. The third kappa shape index (κ3) is 5.75. The van der Waals surface area contributed by atoms with Gasteiger partial charge in [0.05, 0.1) is 5.56 Å². The Labute approximate surface area is 174 Å². The van der Waals surface area contributed by atoms with Gasteiger partial charge in [0, 0.05) is 51.2 Å². The van der Waals surface area contributed by atoms with E-state index in [1.807, 2.05) is 48.2 Å². The fourth-order valence-electron chi connectivity index (χ4n) is 3.30. The smallest absolute Gasteiger partial charge is 0.378 e. The molecule has 0 unspecified atom stereocenters. The molecule has 1 aromatic carbocycles. The number of hydrogen-bond donors (Lipinski definition) is 1. The zero-order valence-electron chi connectivity index (χ0n) is 17.0. The number of alkyl halides is 3. The summed E-state index contributed by atoms with van der Waals surface area (Å²) in [6.45, 7) is 1.25. The van der Waals surface area contributed by atoms with Crippen molar-refractivity contribution in [2.75, 3.05) is 37.0 Å². The third-order valence-corrected chi connectivity index (χ3v) is 5.08. The molecule has 1 amide bonds. The highest BCUT2D eigenvalue weighted by molar-refractivity contribution is 5.92. The SMILES string of the molecule is CN(C)c1ccc(/C=C/C(=O)NC2CCN(c3ccc(C(F)(F)F)cn3)CC2)cc1. The molecular weight excluding hydrogens is 393 g/mol. The number of halogens is 3. The highest BCUT2D eigenvalue weighted by Gasteiger charge is 2.31. The molecular formula is C22H25F3N4O. The average Bonchev–Trinajstić information content (AvgIpc) is 2.72. The number of carbonyl (C=O) groups excluding carboxylic acids is 1. The van der Waals surface area contributed by atoms with Gasteiger partial charge in [-0.15, -0.1) is 0 Å². The van der Waals surface area contributed by atoms with Crippen molar-refractivity contribution in [3.63, 3.8) is 0 Å². The van der Waals surface area contributed by atoms with Crippen molar-refractivity contribution in [3.05, 3.63) is 59.8 Å². The van der Waals surface area contributed by atoms with Crippen molar-refractivity contribution in [1.82, 2.24) is 10.3 Å². The minimum Gasteiger partial charge on any atom is -0.378 e. The van der Waals surface area contributed by atoms with Gasteiger partial charge >= 0.3 is 6.18 Å². The molecule has 5 nitrogen and oxygen atoms in total. The molecule has 1 fully saturated rings. The predicted molar refractivity (Wildman–Crippen MR) is 112 cm³/mol. The van der Waals surface area contributed by atoms with Crippen LogP contribution in [0.15, 0.2) is 48.7 Å². The van der Waals surface area contributed by atoms with E-state index >= 15 is 0 Å². The first-order valence-electron chi connectivity index (χ1n) is 9.76. The van der Waals surface area contributed by atoms with Crippen LogP contribution in [-0.4, -0.2) is 44.1 Å². The summed E-state index contributed by atoms with van der Waals surface area (Å²) in [6, 6.07) is 10.4. The Morgan fingerprint density at radius 2 is 1.80 bits per heavy atom. The number of aromatic nitrogens is 1. The van der Waals surface area contributed by atoms with Gasteiger partial charge in [-0.05, 0) is 48.7 Å². The molecule has 30 heavy (non-hydrogen) atoms. The molecule has 0 radical (unpaired) electrons. The minimum absolute atomic E-state index is 0.0314. The van der Waals surface area contributed by atoms with Gasteiger partial charge in [-0.25, -0.2) is 4.98 Å². The van der Waals surface area contributed by atoms with Crippen molar-refractivity contribution in [2.24, 2.45) is 0 Å². The second-order valence-electron chi connectivity index (χ2n) is 7.49. The lowest BCUT2D eigenvalue weighted by molar-refractivity contribution is -0.137. The molecule has 0 atom stereocenters. The normalized spacial score (nSPS) is 15.4. The fraction of sp³-hybridized carbons (Fsp3) is 0.364. The Morgan fingerprint density at radius 1 is 1.13 bits per heavy atom. The molecule has 2 heterocycles. The maximum atomic E-state index is 12.7. The molecule has 0 bridgehead atoms. The summed E-state index contributed by atoms with van der Waals surface area (Å²) in [5, 5.41) is 2.99. The summed E-state index contributed by atoms with van der Waals surface area (Å²) in [5.41, 5.74) is 1.28. The fourth-order valence-corrected chi connectivity index (χ4v) is 3.30.